The highest BCUT2D eigenvalue weighted by Gasteiger charge is 2.48. The number of pyridine rings is 1. The maximum atomic E-state index is 13.2. The molecule has 0 spiro atoms. The van der Waals surface area contributed by atoms with Gasteiger partial charge in [0.1, 0.15) is 11.6 Å². The summed E-state index contributed by atoms with van der Waals surface area (Å²) in [5, 5.41) is 0. The Hall–Kier alpha value is -3.29. The van der Waals surface area contributed by atoms with Gasteiger partial charge in [-0.25, -0.2) is 9.97 Å². The Kier molecular flexibility index (Phi) is 5.60. The summed E-state index contributed by atoms with van der Waals surface area (Å²) < 4.78 is 109. The van der Waals surface area contributed by atoms with Crippen LogP contribution < -0.4 is 8.92 Å². The molecule has 14 heteroatoms. The molecule has 31 heavy (non-hydrogen) atoms. The number of benzene rings is 1. The molecule has 0 aliphatic carbocycles. The lowest BCUT2D eigenvalue weighted by Gasteiger charge is -2.11. The van der Waals surface area contributed by atoms with Gasteiger partial charge in [-0.15, -0.1) is 0 Å². The zero-order valence-corrected chi connectivity index (χ0v) is 16.1. The Balaban J connectivity index is 2.02. The van der Waals surface area contributed by atoms with E-state index in [1.165, 1.54) is 25.4 Å². The maximum absolute atomic E-state index is 13.2. The van der Waals surface area contributed by atoms with Crippen LogP contribution in [0.2, 0.25) is 0 Å². The fourth-order valence-corrected chi connectivity index (χ4v) is 2.85. The Morgan fingerprint density at radius 3 is 2.10 bits per heavy atom. The minimum Gasteiger partial charge on any atom is -0.481 e. The van der Waals surface area contributed by atoms with Crippen LogP contribution in [0, 0.1) is 0 Å². The SMILES string of the molecule is COc1ccc(-c2nc(C(F)(F)F)cn2-c2ccc(OS(=O)(=O)C(F)(F)F)cc2)cn1. The molecule has 3 aromatic rings. The fourth-order valence-electron chi connectivity index (χ4n) is 2.39. The highest BCUT2D eigenvalue weighted by atomic mass is 32.2. The number of rotatable bonds is 5. The molecule has 2 aromatic heterocycles. The number of alkyl halides is 6. The van der Waals surface area contributed by atoms with Crippen LogP contribution in [0.3, 0.4) is 0 Å². The third kappa shape index (κ3) is 4.73. The van der Waals surface area contributed by atoms with Crippen molar-refractivity contribution in [2.24, 2.45) is 0 Å². The Morgan fingerprint density at radius 2 is 1.61 bits per heavy atom. The average Bonchev–Trinajstić information content (AvgIpc) is 3.13. The van der Waals surface area contributed by atoms with Crippen molar-refractivity contribution in [2.45, 2.75) is 11.7 Å². The van der Waals surface area contributed by atoms with Crippen molar-refractivity contribution in [1.82, 2.24) is 14.5 Å². The fraction of sp³-hybridized carbons (Fsp3) is 0.176. The summed E-state index contributed by atoms with van der Waals surface area (Å²) in [7, 11) is -4.53. The highest BCUT2D eigenvalue weighted by Crippen LogP contribution is 2.33. The Bertz CT molecular complexity index is 1170. The van der Waals surface area contributed by atoms with Crippen LogP contribution in [0.4, 0.5) is 26.3 Å². The number of imidazole rings is 1. The zero-order valence-electron chi connectivity index (χ0n) is 15.3. The molecule has 166 valence electrons. The van der Waals surface area contributed by atoms with Crippen LogP contribution in [0.1, 0.15) is 5.69 Å². The first-order valence-corrected chi connectivity index (χ1v) is 9.51. The van der Waals surface area contributed by atoms with Gasteiger partial charge in [0.05, 0.1) is 7.11 Å². The second kappa shape index (κ2) is 7.76. The Labute approximate surface area is 171 Å². The first kappa shape index (κ1) is 22.4. The molecule has 0 atom stereocenters. The van der Waals surface area contributed by atoms with Crippen molar-refractivity contribution < 1.29 is 43.7 Å². The standard InChI is InChI=1S/C17H11F6N3O4S/c1-29-14-7-2-10(8-24-14)15-25-13(16(18,19)20)9-26(15)11-3-5-12(6-4-11)30-31(27,28)17(21,22)23/h2-9H,1H3. The molecule has 0 radical (unpaired) electrons. The molecule has 2 heterocycles. The lowest BCUT2D eigenvalue weighted by Crippen LogP contribution is -2.28. The molecule has 3 rings (SSSR count). The highest BCUT2D eigenvalue weighted by molar-refractivity contribution is 7.88. The maximum Gasteiger partial charge on any atom is 0.534 e. The zero-order chi connectivity index (χ0) is 23.0. The summed E-state index contributed by atoms with van der Waals surface area (Å²) in [5.74, 6) is -0.630. The predicted octanol–water partition coefficient (Wildman–Crippen LogP) is 4.19. The van der Waals surface area contributed by atoms with E-state index >= 15 is 0 Å². The van der Waals surface area contributed by atoms with E-state index < -0.39 is 33.2 Å². The quantitative estimate of drug-likeness (QED) is 0.318. The molecule has 0 fully saturated rings. The van der Waals surface area contributed by atoms with Gasteiger partial charge in [0.25, 0.3) is 0 Å². The molecule has 1 aromatic carbocycles. The molecule has 0 aliphatic rings. The lowest BCUT2D eigenvalue weighted by atomic mass is 10.2. The van der Waals surface area contributed by atoms with Gasteiger partial charge in [0.2, 0.25) is 5.88 Å². The second-order valence-electron chi connectivity index (χ2n) is 5.88. The van der Waals surface area contributed by atoms with E-state index in [0.29, 0.717) is 6.20 Å². The van der Waals surface area contributed by atoms with Gasteiger partial charge in [-0.05, 0) is 30.3 Å². The normalized spacial score (nSPS) is 12.6. The van der Waals surface area contributed by atoms with Gasteiger partial charge >= 0.3 is 21.8 Å². The van der Waals surface area contributed by atoms with Crippen LogP contribution in [0.25, 0.3) is 17.1 Å². The van der Waals surface area contributed by atoms with Crippen molar-refractivity contribution in [2.75, 3.05) is 7.11 Å². The molecule has 0 saturated carbocycles. The average molecular weight is 467 g/mol. The van der Waals surface area contributed by atoms with Crippen LogP contribution in [0.15, 0.2) is 48.8 Å². The van der Waals surface area contributed by atoms with E-state index in [1.807, 2.05) is 0 Å². The molecule has 0 amide bonds. The second-order valence-corrected chi connectivity index (χ2v) is 7.42. The van der Waals surface area contributed by atoms with E-state index in [0.717, 1.165) is 28.8 Å². The number of methoxy groups -OCH3 is 1. The van der Waals surface area contributed by atoms with Crippen LogP contribution in [0.5, 0.6) is 11.6 Å². The van der Waals surface area contributed by atoms with Gasteiger partial charge in [-0.3, -0.25) is 4.57 Å². The lowest BCUT2D eigenvalue weighted by molar-refractivity contribution is -0.140. The van der Waals surface area contributed by atoms with Crippen LogP contribution >= 0.6 is 0 Å². The summed E-state index contributed by atoms with van der Waals surface area (Å²) in [6.45, 7) is 0. The minimum absolute atomic E-state index is 0.0468. The number of ether oxygens (including phenoxy) is 1. The van der Waals surface area contributed by atoms with Crippen LogP contribution in [-0.4, -0.2) is 35.6 Å². The van der Waals surface area contributed by atoms with Crippen molar-refractivity contribution in [3.8, 4) is 28.7 Å². The Morgan fingerprint density at radius 1 is 0.968 bits per heavy atom. The van der Waals surface area contributed by atoms with Crippen molar-refractivity contribution in [3.63, 3.8) is 0 Å². The van der Waals surface area contributed by atoms with Gasteiger partial charge < -0.3 is 8.92 Å². The molecule has 7 nitrogen and oxygen atoms in total. The predicted molar refractivity (Wildman–Crippen MR) is 94.0 cm³/mol. The van der Waals surface area contributed by atoms with E-state index in [4.69, 9.17) is 4.74 Å². The summed E-state index contributed by atoms with van der Waals surface area (Å²) in [6.07, 6.45) is -2.86. The smallest absolute Gasteiger partial charge is 0.481 e. The minimum atomic E-state index is -5.89. The third-order valence-corrected chi connectivity index (χ3v) is 4.78. The van der Waals surface area contributed by atoms with Crippen molar-refractivity contribution in [1.29, 1.82) is 0 Å². The van der Waals surface area contributed by atoms with Gasteiger partial charge in [0.15, 0.2) is 5.69 Å². The number of aromatic nitrogens is 3. The summed E-state index contributed by atoms with van der Waals surface area (Å²) in [5.41, 5.74) is -6.62. The summed E-state index contributed by atoms with van der Waals surface area (Å²) in [6, 6.07) is 6.69. The largest absolute Gasteiger partial charge is 0.534 e. The van der Waals surface area contributed by atoms with Gasteiger partial charge in [0, 0.05) is 29.7 Å². The summed E-state index contributed by atoms with van der Waals surface area (Å²) in [4.78, 5) is 7.49. The van der Waals surface area contributed by atoms with Crippen molar-refractivity contribution >= 4 is 10.1 Å². The van der Waals surface area contributed by atoms with E-state index in [2.05, 4.69) is 14.2 Å². The van der Waals surface area contributed by atoms with E-state index in [9.17, 15) is 34.8 Å². The number of nitrogens with zero attached hydrogens (tertiary/aromatic N) is 3. The van der Waals surface area contributed by atoms with Crippen molar-refractivity contribution in [3.05, 3.63) is 54.5 Å². The molecule has 0 saturated heterocycles. The molecule has 0 bridgehead atoms. The monoisotopic (exact) mass is 467 g/mol. The van der Waals surface area contributed by atoms with Gasteiger partial charge in [-0.1, -0.05) is 0 Å². The van der Waals surface area contributed by atoms with E-state index in [-0.39, 0.29) is 23.0 Å². The van der Waals surface area contributed by atoms with E-state index in [1.54, 1.807) is 0 Å². The topological polar surface area (TPSA) is 83.3 Å². The number of hydrogen-bond acceptors (Lipinski definition) is 6. The van der Waals surface area contributed by atoms with Crippen LogP contribution in [-0.2, 0) is 16.3 Å². The molecule has 0 unspecified atom stereocenters. The van der Waals surface area contributed by atoms with Gasteiger partial charge in [-0.2, -0.15) is 34.8 Å². The first-order valence-electron chi connectivity index (χ1n) is 8.10. The molecular weight excluding hydrogens is 456 g/mol. The number of hydrogen-bond donors (Lipinski definition) is 0. The molecule has 0 aliphatic heterocycles. The number of halogens is 6. The molecular formula is C17H11F6N3O4S. The molecule has 0 N–H and O–H groups in total. The summed E-state index contributed by atoms with van der Waals surface area (Å²) >= 11 is 0. The first-order chi connectivity index (χ1) is 14.3. The third-order valence-electron chi connectivity index (χ3n) is 3.80.